The molecule has 2 unspecified atom stereocenters. The Kier molecular flexibility index (Phi) is 5.36. The maximum absolute atomic E-state index is 12.7. The second-order valence-electron chi connectivity index (χ2n) is 5.89. The van der Waals surface area contributed by atoms with Crippen LogP contribution < -0.4 is 5.32 Å². The van der Waals surface area contributed by atoms with Crippen molar-refractivity contribution in [3.63, 3.8) is 0 Å². The minimum Gasteiger partial charge on any atom is -0.348 e. The quantitative estimate of drug-likeness (QED) is 0.833. The third-order valence-corrected chi connectivity index (χ3v) is 5.86. The lowest BCUT2D eigenvalue weighted by Crippen LogP contribution is -2.46. The molecule has 126 valence electrons. The Morgan fingerprint density at radius 2 is 2.08 bits per heavy atom. The molecule has 2 aromatic rings. The minimum atomic E-state index is -0.385. The van der Waals surface area contributed by atoms with E-state index in [1.807, 2.05) is 48.7 Å². The lowest BCUT2D eigenvalue weighted by atomic mass is 10.1. The molecule has 24 heavy (non-hydrogen) atoms. The largest absolute Gasteiger partial charge is 0.348 e. The smallest absolute Gasteiger partial charge is 0.264 e. The lowest BCUT2D eigenvalue weighted by Gasteiger charge is -2.25. The fourth-order valence-corrected chi connectivity index (χ4v) is 4.34. The van der Waals surface area contributed by atoms with E-state index in [1.165, 1.54) is 11.3 Å². The van der Waals surface area contributed by atoms with Crippen LogP contribution in [0.15, 0.2) is 46.3 Å². The summed E-state index contributed by atoms with van der Waals surface area (Å²) in [6.07, 6.45) is 1.57. The number of thiophene rings is 1. The molecule has 0 spiro atoms. The Balaban J connectivity index is 1.70. The molecule has 0 saturated carbocycles. The van der Waals surface area contributed by atoms with Crippen LogP contribution in [0.1, 0.15) is 41.0 Å². The highest BCUT2D eigenvalue weighted by Gasteiger charge is 2.35. The third-order valence-electron chi connectivity index (χ3n) is 4.28. The summed E-state index contributed by atoms with van der Waals surface area (Å²) in [5, 5.41) is 4.93. The van der Waals surface area contributed by atoms with Gasteiger partial charge < -0.3 is 10.2 Å². The fraction of sp³-hybridized carbons (Fsp3) is 0.333. The topological polar surface area (TPSA) is 49.4 Å². The standard InChI is InChI=1S/C18H19BrN2O2S/c1-12(13-6-2-3-7-14(13)19)20-17(22)15-8-4-10-21(15)18(23)16-9-5-11-24-16/h2-3,5-7,9,11-12,15H,4,8,10H2,1H3,(H,20,22). The Bertz CT molecular complexity index is 732. The van der Waals surface area contributed by atoms with Crippen molar-refractivity contribution in [2.24, 2.45) is 0 Å². The molecule has 1 N–H and O–H groups in total. The van der Waals surface area contributed by atoms with Crippen LogP contribution in [0, 0.1) is 0 Å². The number of amides is 2. The number of benzene rings is 1. The maximum atomic E-state index is 12.7. The first-order valence-electron chi connectivity index (χ1n) is 7.97. The zero-order valence-corrected chi connectivity index (χ0v) is 15.8. The lowest BCUT2D eigenvalue weighted by molar-refractivity contribution is -0.125. The molecule has 2 amide bonds. The van der Waals surface area contributed by atoms with Gasteiger partial charge in [-0.2, -0.15) is 0 Å². The molecule has 1 saturated heterocycles. The van der Waals surface area contributed by atoms with Crippen LogP contribution in [0.3, 0.4) is 0 Å². The molecule has 1 aliphatic rings. The summed E-state index contributed by atoms with van der Waals surface area (Å²) in [6, 6.07) is 11.0. The molecule has 3 rings (SSSR count). The Hall–Kier alpha value is -1.66. The van der Waals surface area contributed by atoms with Crippen molar-refractivity contribution >= 4 is 39.1 Å². The second kappa shape index (κ2) is 7.49. The van der Waals surface area contributed by atoms with Crippen LogP contribution in [0.25, 0.3) is 0 Å². The van der Waals surface area contributed by atoms with E-state index in [2.05, 4.69) is 21.2 Å². The second-order valence-corrected chi connectivity index (χ2v) is 7.69. The van der Waals surface area contributed by atoms with E-state index in [0.29, 0.717) is 17.8 Å². The van der Waals surface area contributed by atoms with E-state index < -0.39 is 0 Å². The van der Waals surface area contributed by atoms with Gasteiger partial charge in [-0.05, 0) is 42.8 Å². The number of hydrogen-bond acceptors (Lipinski definition) is 3. The fourth-order valence-electron chi connectivity index (χ4n) is 3.04. The van der Waals surface area contributed by atoms with Gasteiger partial charge in [-0.1, -0.05) is 40.2 Å². The van der Waals surface area contributed by atoms with Crippen molar-refractivity contribution in [2.45, 2.75) is 31.8 Å². The van der Waals surface area contributed by atoms with Gasteiger partial charge in [0.15, 0.2) is 0 Å². The summed E-state index contributed by atoms with van der Waals surface area (Å²) in [5.74, 6) is -0.128. The Morgan fingerprint density at radius 3 is 2.79 bits per heavy atom. The number of nitrogens with zero attached hydrogens (tertiary/aromatic N) is 1. The molecule has 4 nitrogen and oxygen atoms in total. The van der Waals surface area contributed by atoms with E-state index >= 15 is 0 Å². The molecular formula is C18H19BrN2O2S. The Labute approximate surface area is 154 Å². The summed E-state index contributed by atoms with van der Waals surface area (Å²) >= 11 is 4.93. The molecule has 0 bridgehead atoms. The molecule has 2 heterocycles. The first kappa shape index (κ1) is 17.2. The van der Waals surface area contributed by atoms with Crippen LogP contribution in [0.2, 0.25) is 0 Å². The van der Waals surface area contributed by atoms with Gasteiger partial charge in [-0.25, -0.2) is 0 Å². The summed E-state index contributed by atoms with van der Waals surface area (Å²) in [6.45, 7) is 2.59. The number of halogens is 1. The summed E-state index contributed by atoms with van der Waals surface area (Å²) in [7, 11) is 0. The zero-order valence-electron chi connectivity index (χ0n) is 13.4. The molecule has 0 radical (unpaired) electrons. The molecule has 6 heteroatoms. The van der Waals surface area contributed by atoms with Gasteiger partial charge in [0, 0.05) is 11.0 Å². The molecule has 1 aromatic carbocycles. The SMILES string of the molecule is CC(NC(=O)C1CCCN1C(=O)c1cccs1)c1ccccc1Br. The highest BCUT2D eigenvalue weighted by molar-refractivity contribution is 9.10. The number of rotatable bonds is 4. The van der Waals surface area contributed by atoms with Crippen LogP contribution >= 0.6 is 27.3 Å². The molecule has 1 aromatic heterocycles. The monoisotopic (exact) mass is 406 g/mol. The highest BCUT2D eigenvalue weighted by atomic mass is 79.9. The van der Waals surface area contributed by atoms with Gasteiger partial charge in [-0.3, -0.25) is 9.59 Å². The number of nitrogens with one attached hydrogen (secondary N) is 1. The van der Waals surface area contributed by atoms with Crippen LogP contribution in [0.5, 0.6) is 0 Å². The first-order valence-corrected chi connectivity index (χ1v) is 9.64. The maximum Gasteiger partial charge on any atom is 0.264 e. The van der Waals surface area contributed by atoms with E-state index in [1.54, 1.807) is 4.90 Å². The predicted molar refractivity (Wildman–Crippen MR) is 99.1 cm³/mol. The van der Waals surface area contributed by atoms with Crippen LogP contribution in [-0.4, -0.2) is 29.3 Å². The molecule has 1 aliphatic heterocycles. The van der Waals surface area contributed by atoms with Crippen molar-refractivity contribution in [3.05, 3.63) is 56.7 Å². The summed E-state index contributed by atoms with van der Waals surface area (Å²) < 4.78 is 0.968. The number of carbonyl (C=O) groups excluding carboxylic acids is 2. The number of carbonyl (C=O) groups is 2. The van der Waals surface area contributed by atoms with E-state index in [4.69, 9.17) is 0 Å². The van der Waals surface area contributed by atoms with Gasteiger partial charge >= 0.3 is 0 Å². The van der Waals surface area contributed by atoms with Gasteiger partial charge in [0.1, 0.15) is 6.04 Å². The Morgan fingerprint density at radius 1 is 1.29 bits per heavy atom. The predicted octanol–water partition coefficient (Wildman–Crippen LogP) is 3.99. The molecule has 0 aliphatic carbocycles. The highest BCUT2D eigenvalue weighted by Crippen LogP contribution is 2.25. The minimum absolute atomic E-state index is 0.0452. The number of hydrogen-bond donors (Lipinski definition) is 1. The third kappa shape index (κ3) is 3.54. The van der Waals surface area contributed by atoms with Crippen LogP contribution in [0.4, 0.5) is 0 Å². The van der Waals surface area contributed by atoms with Crippen molar-refractivity contribution in [1.82, 2.24) is 10.2 Å². The molecule has 2 atom stereocenters. The number of likely N-dealkylation sites (tertiary alicyclic amines) is 1. The normalized spacial score (nSPS) is 18.4. The van der Waals surface area contributed by atoms with Gasteiger partial charge in [0.25, 0.3) is 5.91 Å². The molecule has 1 fully saturated rings. The van der Waals surface area contributed by atoms with E-state index in [0.717, 1.165) is 16.5 Å². The van der Waals surface area contributed by atoms with Gasteiger partial charge in [0.2, 0.25) is 5.91 Å². The van der Waals surface area contributed by atoms with Gasteiger partial charge in [0.05, 0.1) is 10.9 Å². The van der Waals surface area contributed by atoms with Crippen LogP contribution in [-0.2, 0) is 4.79 Å². The van der Waals surface area contributed by atoms with Crippen molar-refractivity contribution < 1.29 is 9.59 Å². The summed E-state index contributed by atoms with van der Waals surface area (Å²) in [5.41, 5.74) is 1.03. The van der Waals surface area contributed by atoms with Crippen molar-refractivity contribution in [2.75, 3.05) is 6.54 Å². The average molecular weight is 407 g/mol. The van der Waals surface area contributed by atoms with Crippen molar-refractivity contribution in [1.29, 1.82) is 0 Å². The molecular weight excluding hydrogens is 388 g/mol. The van der Waals surface area contributed by atoms with Gasteiger partial charge in [-0.15, -0.1) is 11.3 Å². The zero-order chi connectivity index (χ0) is 17.1. The van der Waals surface area contributed by atoms with E-state index in [-0.39, 0.29) is 23.9 Å². The average Bonchev–Trinajstić information content (AvgIpc) is 3.26. The first-order chi connectivity index (χ1) is 11.6. The van der Waals surface area contributed by atoms with E-state index in [9.17, 15) is 9.59 Å². The van der Waals surface area contributed by atoms with Crippen molar-refractivity contribution in [3.8, 4) is 0 Å². The summed E-state index contributed by atoms with van der Waals surface area (Å²) in [4.78, 5) is 27.7.